The van der Waals surface area contributed by atoms with Crippen LogP contribution in [-0.2, 0) is 16.1 Å². The molecule has 0 radical (unpaired) electrons. The maximum Gasteiger partial charge on any atom is 0.232 e. The van der Waals surface area contributed by atoms with E-state index in [4.69, 9.17) is 0 Å². The van der Waals surface area contributed by atoms with Crippen molar-refractivity contribution in [2.24, 2.45) is 5.41 Å². The van der Waals surface area contributed by atoms with Crippen LogP contribution in [0.25, 0.3) is 22.5 Å². The van der Waals surface area contributed by atoms with Gasteiger partial charge in [0.1, 0.15) is 0 Å². The number of benzene rings is 2. The lowest BCUT2D eigenvalue weighted by molar-refractivity contribution is -0.132. The number of nitrogens with zero attached hydrogens (tertiary/aromatic N) is 4. The second kappa shape index (κ2) is 12.7. The number of amides is 2. The van der Waals surface area contributed by atoms with Gasteiger partial charge in [0.05, 0.1) is 5.25 Å². The Bertz CT molecular complexity index is 1130. The molecule has 0 bridgehead atoms. The average molecular weight is 509 g/mol. The third kappa shape index (κ3) is 7.91. The lowest BCUT2D eigenvalue weighted by atomic mass is 9.90. The lowest BCUT2D eigenvalue weighted by Crippen LogP contribution is -2.41. The minimum absolute atomic E-state index is 0.0191. The van der Waals surface area contributed by atoms with Gasteiger partial charge in [0.25, 0.3) is 0 Å². The van der Waals surface area contributed by atoms with Crippen molar-refractivity contribution in [3.05, 3.63) is 54.1 Å². The number of tetrazole rings is 1. The molecule has 8 nitrogen and oxygen atoms in total. The van der Waals surface area contributed by atoms with Crippen LogP contribution in [0, 0.1) is 5.41 Å². The molecule has 0 spiro atoms. The van der Waals surface area contributed by atoms with Gasteiger partial charge in [0.2, 0.25) is 11.8 Å². The summed E-state index contributed by atoms with van der Waals surface area (Å²) in [5, 5.41) is 16.8. The molecule has 1 aromatic heterocycles. The Hall–Kier alpha value is -3.20. The molecule has 0 aliphatic heterocycles. The number of aromatic nitrogens is 4. The third-order valence-electron chi connectivity index (χ3n) is 5.77. The highest BCUT2D eigenvalue weighted by Crippen LogP contribution is 2.30. The van der Waals surface area contributed by atoms with Crippen LogP contribution in [0.2, 0.25) is 0 Å². The minimum Gasteiger partial charge on any atom is -0.353 e. The minimum atomic E-state index is -0.368. The highest BCUT2D eigenvalue weighted by Gasteiger charge is 2.22. The van der Waals surface area contributed by atoms with Crippen LogP contribution in [0.3, 0.4) is 0 Å². The summed E-state index contributed by atoms with van der Waals surface area (Å²) in [5.41, 5.74) is 4.00. The molecule has 2 N–H and O–H groups in total. The molecule has 9 heteroatoms. The first-order valence-corrected chi connectivity index (χ1v) is 12.9. The van der Waals surface area contributed by atoms with Gasteiger partial charge < -0.3 is 10.2 Å². The van der Waals surface area contributed by atoms with E-state index in [0.29, 0.717) is 38.3 Å². The van der Waals surface area contributed by atoms with Crippen LogP contribution in [0.1, 0.15) is 52.5 Å². The molecular formula is C27H36N6O2S. The second-order valence-electron chi connectivity index (χ2n) is 10.1. The lowest BCUT2D eigenvalue weighted by Gasteiger charge is -2.25. The number of nitrogens with one attached hydrogen (secondary N) is 2. The molecule has 0 aliphatic rings. The Balaban J connectivity index is 1.66. The second-order valence-corrected chi connectivity index (χ2v) is 10.8. The first-order chi connectivity index (χ1) is 17.2. The van der Waals surface area contributed by atoms with Gasteiger partial charge in [-0.15, -0.1) is 5.10 Å². The highest BCUT2D eigenvalue weighted by atomic mass is 32.1. The van der Waals surface area contributed by atoms with Crippen LogP contribution in [0.4, 0.5) is 0 Å². The third-order valence-corrected chi connectivity index (χ3v) is 6.19. The summed E-state index contributed by atoms with van der Waals surface area (Å²) in [6.07, 6.45) is 1.94. The fourth-order valence-electron chi connectivity index (χ4n) is 3.99. The zero-order valence-electron chi connectivity index (χ0n) is 21.5. The quantitative estimate of drug-likeness (QED) is 0.331. The van der Waals surface area contributed by atoms with E-state index in [-0.39, 0.29) is 22.5 Å². The van der Waals surface area contributed by atoms with Crippen molar-refractivity contribution in [1.82, 2.24) is 30.8 Å². The predicted octanol–water partition coefficient (Wildman–Crippen LogP) is 4.51. The number of thiol groups is 1. The maximum atomic E-state index is 12.8. The largest absolute Gasteiger partial charge is 0.353 e. The predicted molar refractivity (Wildman–Crippen MR) is 145 cm³/mol. The van der Waals surface area contributed by atoms with Gasteiger partial charge in [0, 0.05) is 31.6 Å². The van der Waals surface area contributed by atoms with Crippen molar-refractivity contribution in [3.63, 3.8) is 0 Å². The fraction of sp³-hybridized carbons (Fsp3) is 0.444. The number of hydrogen-bond acceptors (Lipinski definition) is 6. The number of carbonyl (C=O) groups is 2. The summed E-state index contributed by atoms with van der Waals surface area (Å²) in [5.74, 6) is 0.594. The summed E-state index contributed by atoms with van der Waals surface area (Å²) in [6.45, 7) is 9.58. The van der Waals surface area contributed by atoms with Gasteiger partial charge in [-0.2, -0.15) is 12.6 Å². The van der Waals surface area contributed by atoms with Crippen molar-refractivity contribution in [2.75, 3.05) is 13.1 Å². The molecule has 0 aliphatic carbocycles. The van der Waals surface area contributed by atoms with E-state index in [2.05, 4.69) is 59.3 Å². The van der Waals surface area contributed by atoms with Crippen LogP contribution in [0.5, 0.6) is 0 Å². The van der Waals surface area contributed by atoms with Crippen molar-refractivity contribution in [2.45, 2.75) is 58.8 Å². The van der Waals surface area contributed by atoms with Gasteiger partial charge in [0.15, 0.2) is 5.82 Å². The smallest absolute Gasteiger partial charge is 0.232 e. The summed E-state index contributed by atoms with van der Waals surface area (Å²) < 4.78 is 0. The number of H-pyrrole nitrogens is 1. The van der Waals surface area contributed by atoms with Gasteiger partial charge >= 0.3 is 0 Å². The normalized spacial score (nSPS) is 12.2. The Labute approximate surface area is 218 Å². The Kier molecular flexibility index (Phi) is 9.64. The first-order valence-electron chi connectivity index (χ1n) is 12.3. The molecule has 0 saturated carbocycles. The van der Waals surface area contributed by atoms with E-state index < -0.39 is 0 Å². The van der Waals surface area contributed by atoms with Gasteiger partial charge in [-0.25, -0.2) is 5.10 Å². The number of aromatic amines is 1. The molecule has 1 heterocycles. The van der Waals surface area contributed by atoms with Crippen LogP contribution < -0.4 is 5.32 Å². The molecule has 36 heavy (non-hydrogen) atoms. The molecule has 2 amide bonds. The van der Waals surface area contributed by atoms with E-state index in [0.717, 1.165) is 28.7 Å². The van der Waals surface area contributed by atoms with Crippen molar-refractivity contribution >= 4 is 24.4 Å². The van der Waals surface area contributed by atoms with E-state index in [1.54, 1.807) is 0 Å². The van der Waals surface area contributed by atoms with E-state index in [1.807, 2.05) is 60.4 Å². The number of hydrogen-bond donors (Lipinski definition) is 3. The maximum absolute atomic E-state index is 12.8. The van der Waals surface area contributed by atoms with E-state index in [1.165, 1.54) is 0 Å². The molecule has 192 valence electrons. The number of carbonyl (C=O) groups excluding carboxylic acids is 2. The van der Waals surface area contributed by atoms with Gasteiger partial charge in [-0.3, -0.25) is 9.59 Å². The van der Waals surface area contributed by atoms with Gasteiger partial charge in [-0.1, -0.05) is 76.2 Å². The van der Waals surface area contributed by atoms with Gasteiger partial charge in [-0.05, 0) is 45.4 Å². The fourth-order valence-corrected chi connectivity index (χ4v) is 4.63. The van der Waals surface area contributed by atoms with Crippen molar-refractivity contribution in [3.8, 4) is 22.5 Å². The summed E-state index contributed by atoms with van der Waals surface area (Å²) >= 11 is 4.46. The zero-order chi connectivity index (χ0) is 26.1. The Morgan fingerprint density at radius 3 is 2.39 bits per heavy atom. The molecule has 1 atom stereocenters. The summed E-state index contributed by atoms with van der Waals surface area (Å²) in [7, 11) is 0. The molecule has 0 saturated heterocycles. The zero-order valence-corrected chi connectivity index (χ0v) is 22.4. The summed E-state index contributed by atoms with van der Waals surface area (Å²) in [4.78, 5) is 27.0. The molecule has 0 unspecified atom stereocenters. The van der Waals surface area contributed by atoms with Crippen LogP contribution >= 0.6 is 12.6 Å². The van der Waals surface area contributed by atoms with Crippen molar-refractivity contribution in [1.29, 1.82) is 0 Å². The molecule has 2 aromatic carbocycles. The molecule has 0 fully saturated rings. The topological polar surface area (TPSA) is 104 Å². The Morgan fingerprint density at radius 2 is 1.78 bits per heavy atom. The molecule has 3 rings (SSSR count). The summed E-state index contributed by atoms with van der Waals surface area (Å²) in [6, 6.07) is 16.1. The monoisotopic (exact) mass is 508 g/mol. The van der Waals surface area contributed by atoms with Crippen LogP contribution in [-0.4, -0.2) is 55.7 Å². The van der Waals surface area contributed by atoms with Crippen LogP contribution in [0.15, 0.2) is 48.5 Å². The Morgan fingerprint density at radius 1 is 1.08 bits per heavy atom. The standard InChI is InChI=1S/C27H36N6O2S/c1-5-8-24(34)33(16-15-28-26(35)23(36)17-27(2,3)4)18-19-11-13-20(14-12-19)21-9-6-7-10-22(21)25-29-31-32-30-25/h6-7,9-14,23,36H,5,8,15-18H2,1-4H3,(H,28,35)(H,29,30,31,32)/t23-/m0/s1. The number of rotatable bonds is 11. The van der Waals surface area contributed by atoms with E-state index in [9.17, 15) is 9.59 Å². The highest BCUT2D eigenvalue weighted by molar-refractivity contribution is 7.81. The average Bonchev–Trinajstić information content (AvgIpc) is 3.38. The van der Waals surface area contributed by atoms with Crippen molar-refractivity contribution < 1.29 is 9.59 Å². The SMILES string of the molecule is CCCC(=O)N(CCNC(=O)[C@@H](S)CC(C)(C)C)Cc1ccc(-c2ccccc2-c2nnn[nH]2)cc1. The molecule has 3 aromatic rings. The molecular weight excluding hydrogens is 472 g/mol. The first kappa shape index (κ1) is 27.4. The van der Waals surface area contributed by atoms with E-state index >= 15 is 0 Å².